The second-order valence-electron chi connectivity index (χ2n) is 11.3. The van der Waals surface area contributed by atoms with E-state index in [4.69, 9.17) is 15.2 Å². The molecule has 0 bridgehead atoms. The number of nitrogens with two attached hydrogens (primary N) is 1. The Bertz CT molecular complexity index is 1650. The van der Waals surface area contributed by atoms with Gasteiger partial charge < -0.3 is 40.4 Å². The number of aliphatic hydroxyl groups is 2. The number of aliphatic hydroxyl groups excluding tert-OH is 2. The van der Waals surface area contributed by atoms with Crippen molar-refractivity contribution in [2.75, 3.05) is 25.9 Å². The summed E-state index contributed by atoms with van der Waals surface area (Å²) >= 11 is 0. The summed E-state index contributed by atoms with van der Waals surface area (Å²) in [6.07, 6.45) is -0.537. The standard InChI is InChI=1S/C30H33N7O8/c1-43-29(41)17-5-9-19(10-6-17)44-30(42)36-13-11-16(12-14-36)3-2-4-20-34-25(31)21-26(35-20)37(15-32-21)28-23(39)22(38)24(45-28)27(40)33-18-7-8-18/h5-6,9-10,15-16,18,22-24,28,38-39H,3,7-8,11-14H2,1H3,(H,33,40)(H2,31,34,35)/t22?,23-,24-,28+/m0/s1. The molecule has 2 amide bonds. The molecular weight excluding hydrogens is 586 g/mol. The number of nitrogens with zero attached hydrogens (tertiary/aromatic N) is 5. The van der Waals surface area contributed by atoms with E-state index in [9.17, 15) is 24.6 Å². The van der Waals surface area contributed by atoms with Crippen molar-refractivity contribution >= 4 is 35.0 Å². The number of carbonyl (C=O) groups is 3. The number of benzene rings is 1. The number of nitrogen functional groups attached to an aromatic ring is 1. The molecule has 45 heavy (non-hydrogen) atoms. The fraction of sp³-hybridized carbons (Fsp3) is 0.467. The average Bonchev–Trinajstić information content (AvgIpc) is 3.68. The van der Waals surface area contributed by atoms with Crippen molar-refractivity contribution in [2.24, 2.45) is 5.92 Å². The van der Waals surface area contributed by atoms with Crippen LogP contribution in [0.5, 0.6) is 5.75 Å². The molecule has 15 nitrogen and oxygen atoms in total. The zero-order valence-electron chi connectivity index (χ0n) is 24.5. The largest absolute Gasteiger partial charge is 0.465 e. The second-order valence-corrected chi connectivity index (χ2v) is 11.3. The fourth-order valence-corrected chi connectivity index (χ4v) is 5.33. The van der Waals surface area contributed by atoms with E-state index in [1.165, 1.54) is 30.1 Å². The van der Waals surface area contributed by atoms with Crippen LogP contribution in [0.25, 0.3) is 11.2 Å². The Morgan fingerprint density at radius 3 is 2.51 bits per heavy atom. The highest BCUT2D eigenvalue weighted by Gasteiger charge is 2.48. The van der Waals surface area contributed by atoms with Gasteiger partial charge in [0, 0.05) is 25.6 Å². The lowest BCUT2D eigenvalue weighted by atomic mass is 9.94. The van der Waals surface area contributed by atoms with E-state index in [0.717, 1.165) is 25.7 Å². The number of ether oxygens (including phenoxy) is 3. The molecule has 1 unspecified atom stereocenters. The molecule has 1 saturated carbocycles. The maximum absolute atomic E-state index is 12.6. The number of aromatic nitrogens is 4. The summed E-state index contributed by atoms with van der Waals surface area (Å²) in [7, 11) is 1.30. The van der Waals surface area contributed by atoms with Crippen molar-refractivity contribution in [3.63, 3.8) is 0 Å². The van der Waals surface area contributed by atoms with E-state index < -0.39 is 42.5 Å². The molecule has 6 rings (SSSR count). The molecule has 2 aromatic heterocycles. The summed E-state index contributed by atoms with van der Waals surface area (Å²) in [5, 5.41) is 24.0. The van der Waals surface area contributed by atoms with E-state index >= 15 is 0 Å². The van der Waals surface area contributed by atoms with Gasteiger partial charge >= 0.3 is 12.1 Å². The molecule has 2 aliphatic heterocycles. The number of hydrogen-bond acceptors (Lipinski definition) is 12. The molecule has 236 valence electrons. The van der Waals surface area contributed by atoms with Gasteiger partial charge in [0.2, 0.25) is 5.82 Å². The number of carbonyl (C=O) groups excluding carboxylic acids is 3. The highest BCUT2D eigenvalue weighted by atomic mass is 16.6. The van der Waals surface area contributed by atoms with Gasteiger partial charge in [0.15, 0.2) is 23.8 Å². The van der Waals surface area contributed by atoms with Crippen LogP contribution in [0.4, 0.5) is 10.6 Å². The van der Waals surface area contributed by atoms with Gasteiger partial charge in [-0.05, 0) is 61.8 Å². The lowest BCUT2D eigenvalue weighted by molar-refractivity contribution is -0.137. The van der Waals surface area contributed by atoms with Crippen LogP contribution >= 0.6 is 0 Å². The molecule has 5 N–H and O–H groups in total. The molecule has 15 heteroatoms. The lowest BCUT2D eigenvalue weighted by Crippen LogP contribution is -2.43. The number of fused-ring (bicyclic) bond motifs is 1. The molecule has 3 fully saturated rings. The first-order chi connectivity index (χ1) is 21.7. The molecule has 4 heterocycles. The topological polar surface area (TPSA) is 204 Å². The van der Waals surface area contributed by atoms with E-state index in [1.807, 2.05) is 0 Å². The Balaban J connectivity index is 1.05. The van der Waals surface area contributed by atoms with Crippen molar-refractivity contribution in [3.8, 4) is 17.6 Å². The summed E-state index contributed by atoms with van der Waals surface area (Å²) in [5.74, 6) is 5.92. The quantitative estimate of drug-likeness (QED) is 0.223. The van der Waals surface area contributed by atoms with Gasteiger partial charge in [-0.1, -0.05) is 5.92 Å². The Kier molecular flexibility index (Phi) is 8.52. The Morgan fingerprint density at radius 1 is 1.09 bits per heavy atom. The SMILES string of the molecule is COC(=O)c1ccc(OC(=O)N2CCC(CC#Cc3nc(N)c4ncn([C@@H]5O[C@H](C(=O)NC6CC6)C(O)[C@@H]5O)c4n3)CC2)cc1. The maximum atomic E-state index is 12.6. The number of likely N-dealkylation sites (tertiary alicyclic amines) is 1. The number of imidazole rings is 1. The smallest absolute Gasteiger partial charge is 0.415 e. The minimum Gasteiger partial charge on any atom is -0.465 e. The summed E-state index contributed by atoms with van der Waals surface area (Å²) in [6, 6.07) is 6.22. The molecule has 3 aromatic rings. The predicted molar refractivity (Wildman–Crippen MR) is 156 cm³/mol. The summed E-state index contributed by atoms with van der Waals surface area (Å²) in [4.78, 5) is 51.3. The Morgan fingerprint density at radius 2 is 1.82 bits per heavy atom. The first-order valence-electron chi connectivity index (χ1n) is 14.7. The molecule has 2 saturated heterocycles. The highest BCUT2D eigenvalue weighted by Crippen LogP contribution is 2.33. The Labute approximate surface area is 257 Å². The zero-order valence-corrected chi connectivity index (χ0v) is 24.5. The third-order valence-corrected chi connectivity index (χ3v) is 8.09. The van der Waals surface area contributed by atoms with Crippen LogP contribution in [0, 0.1) is 17.8 Å². The normalized spacial score (nSPS) is 23.3. The van der Waals surface area contributed by atoms with Crippen LogP contribution in [0.15, 0.2) is 30.6 Å². The van der Waals surface area contributed by atoms with Gasteiger partial charge in [-0.15, -0.1) is 0 Å². The third kappa shape index (κ3) is 6.53. The monoisotopic (exact) mass is 619 g/mol. The van der Waals surface area contributed by atoms with Crippen LogP contribution in [-0.4, -0.2) is 97.2 Å². The number of amides is 2. The molecule has 1 aliphatic carbocycles. The molecule has 4 atom stereocenters. The van der Waals surface area contributed by atoms with Gasteiger partial charge in [0.1, 0.15) is 23.5 Å². The van der Waals surface area contributed by atoms with E-state index in [1.54, 1.807) is 17.0 Å². The van der Waals surface area contributed by atoms with Gasteiger partial charge in [-0.3, -0.25) is 9.36 Å². The number of methoxy groups -OCH3 is 1. The lowest BCUT2D eigenvalue weighted by Gasteiger charge is -2.30. The molecule has 0 radical (unpaired) electrons. The third-order valence-electron chi connectivity index (χ3n) is 8.09. The molecule has 1 aromatic carbocycles. The number of anilines is 1. The van der Waals surface area contributed by atoms with Crippen molar-refractivity contribution in [2.45, 2.75) is 62.7 Å². The van der Waals surface area contributed by atoms with Crippen LogP contribution < -0.4 is 15.8 Å². The van der Waals surface area contributed by atoms with Crippen molar-refractivity contribution in [3.05, 3.63) is 42.0 Å². The van der Waals surface area contributed by atoms with Crippen molar-refractivity contribution in [1.29, 1.82) is 0 Å². The average molecular weight is 620 g/mol. The number of esters is 1. The number of piperidine rings is 1. The summed E-state index contributed by atoms with van der Waals surface area (Å²) in [5.41, 5.74) is 7.01. The fourth-order valence-electron chi connectivity index (χ4n) is 5.33. The van der Waals surface area contributed by atoms with E-state index in [0.29, 0.717) is 30.8 Å². The maximum Gasteiger partial charge on any atom is 0.415 e. The first kappa shape index (κ1) is 30.3. The van der Waals surface area contributed by atoms with E-state index in [-0.39, 0.29) is 34.8 Å². The molecular formula is C30H33N7O8. The zero-order chi connectivity index (χ0) is 31.7. The Hall–Kier alpha value is -4.78. The van der Waals surface area contributed by atoms with Crippen LogP contribution in [0.3, 0.4) is 0 Å². The second kappa shape index (κ2) is 12.7. The highest BCUT2D eigenvalue weighted by molar-refractivity contribution is 5.89. The van der Waals surface area contributed by atoms with E-state index in [2.05, 4.69) is 36.8 Å². The number of rotatable bonds is 6. The van der Waals surface area contributed by atoms with Crippen LogP contribution in [-0.2, 0) is 14.3 Å². The first-order valence-corrected chi connectivity index (χ1v) is 14.7. The van der Waals surface area contributed by atoms with Crippen LogP contribution in [0.2, 0.25) is 0 Å². The minimum absolute atomic E-state index is 0.0707. The molecule has 3 aliphatic rings. The number of nitrogens with one attached hydrogen (secondary N) is 1. The van der Waals surface area contributed by atoms with Crippen LogP contribution in [0.1, 0.15) is 54.5 Å². The van der Waals surface area contributed by atoms with Gasteiger partial charge in [-0.2, -0.15) is 0 Å². The van der Waals surface area contributed by atoms with Crippen molar-refractivity contribution < 1.29 is 38.8 Å². The van der Waals surface area contributed by atoms with Gasteiger partial charge in [-0.25, -0.2) is 24.5 Å². The number of hydrogen-bond donors (Lipinski definition) is 4. The molecule has 0 spiro atoms. The van der Waals surface area contributed by atoms with Gasteiger partial charge in [0.25, 0.3) is 5.91 Å². The summed E-state index contributed by atoms with van der Waals surface area (Å²) in [6.45, 7) is 1.02. The summed E-state index contributed by atoms with van der Waals surface area (Å²) < 4.78 is 17.3. The van der Waals surface area contributed by atoms with Gasteiger partial charge in [0.05, 0.1) is 19.0 Å². The minimum atomic E-state index is -1.43. The van der Waals surface area contributed by atoms with Crippen molar-refractivity contribution in [1.82, 2.24) is 29.7 Å². The predicted octanol–water partition coefficient (Wildman–Crippen LogP) is 0.746.